The zero-order valence-electron chi connectivity index (χ0n) is 17.7. The SMILES string of the molecule is CCOC(=O)[C@H](C)Oc1ccc(/C=C2\NC(=O)N(Cc3ccc(C(=O)OC)o3)C2=O)cc1. The van der Waals surface area contributed by atoms with Gasteiger partial charge in [0, 0.05) is 0 Å². The average Bonchev–Trinajstić information content (AvgIpc) is 3.35. The van der Waals surface area contributed by atoms with Crippen LogP contribution in [0.1, 0.15) is 35.7 Å². The van der Waals surface area contributed by atoms with Crippen LogP contribution in [0.25, 0.3) is 6.08 Å². The molecule has 0 radical (unpaired) electrons. The van der Waals surface area contributed by atoms with Crippen LogP contribution in [0.15, 0.2) is 46.5 Å². The summed E-state index contributed by atoms with van der Waals surface area (Å²) >= 11 is 0. The first-order chi connectivity index (χ1) is 15.3. The van der Waals surface area contributed by atoms with E-state index in [1.165, 1.54) is 25.3 Å². The number of esters is 2. The summed E-state index contributed by atoms with van der Waals surface area (Å²) in [6, 6.07) is 8.92. The van der Waals surface area contributed by atoms with E-state index in [2.05, 4.69) is 10.1 Å². The first kappa shape index (κ1) is 22.6. The summed E-state index contributed by atoms with van der Waals surface area (Å²) in [6.45, 7) is 3.42. The van der Waals surface area contributed by atoms with Gasteiger partial charge >= 0.3 is 18.0 Å². The molecule has 0 saturated carbocycles. The Bertz CT molecular complexity index is 1050. The van der Waals surface area contributed by atoms with Gasteiger partial charge < -0.3 is 23.9 Å². The highest BCUT2D eigenvalue weighted by molar-refractivity contribution is 6.13. The van der Waals surface area contributed by atoms with Crippen molar-refractivity contribution in [3.8, 4) is 5.75 Å². The lowest BCUT2D eigenvalue weighted by Crippen LogP contribution is -2.30. The predicted octanol–water partition coefficient (Wildman–Crippen LogP) is 2.49. The fraction of sp³-hybridized carbons (Fsp3) is 0.273. The molecule has 1 N–H and O–H groups in total. The average molecular weight is 442 g/mol. The van der Waals surface area contributed by atoms with Gasteiger partial charge in [0.25, 0.3) is 5.91 Å². The van der Waals surface area contributed by atoms with Gasteiger partial charge in [0.2, 0.25) is 5.76 Å². The summed E-state index contributed by atoms with van der Waals surface area (Å²) in [5.41, 5.74) is 0.723. The minimum Gasteiger partial charge on any atom is -0.479 e. The lowest BCUT2D eigenvalue weighted by Gasteiger charge is -2.13. The minimum atomic E-state index is -0.760. The Morgan fingerprint density at radius 3 is 2.53 bits per heavy atom. The maximum absolute atomic E-state index is 12.6. The van der Waals surface area contributed by atoms with E-state index in [1.807, 2.05) is 0 Å². The number of urea groups is 1. The normalized spacial score (nSPS) is 15.5. The number of imide groups is 1. The molecule has 0 bridgehead atoms. The van der Waals surface area contributed by atoms with Crippen molar-refractivity contribution in [3.05, 3.63) is 59.2 Å². The third-order valence-corrected chi connectivity index (χ3v) is 4.45. The van der Waals surface area contributed by atoms with E-state index < -0.39 is 30.0 Å². The van der Waals surface area contributed by atoms with Gasteiger partial charge in [-0.3, -0.25) is 9.69 Å². The molecule has 3 rings (SSSR count). The van der Waals surface area contributed by atoms with Gasteiger partial charge in [0.1, 0.15) is 17.2 Å². The second-order valence-electron chi connectivity index (χ2n) is 6.72. The molecule has 0 unspecified atom stereocenters. The van der Waals surface area contributed by atoms with Gasteiger partial charge in [0.15, 0.2) is 6.10 Å². The molecule has 2 heterocycles. The van der Waals surface area contributed by atoms with Crippen LogP contribution in [0.3, 0.4) is 0 Å². The van der Waals surface area contributed by atoms with Crippen molar-refractivity contribution in [3.63, 3.8) is 0 Å². The summed E-state index contributed by atoms with van der Waals surface area (Å²) < 4.78 is 20.3. The number of hydrogen-bond donors (Lipinski definition) is 1. The van der Waals surface area contributed by atoms with E-state index in [1.54, 1.807) is 38.1 Å². The molecular weight excluding hydrogens is 420 g/mol. The fourth-order valence-corrected chi connectivity index (χ4v) is 2.87. The Hall–Kier alpha value is -4.08. The highest BCUT2D eigenvalue weighted by atomic mass is 16.6. The van der Waals surface area contributed by atoms with E-state index in [0.29, 0.717) is 11.3 Å². The molecule has 32 heavy (non-hydrogen) atoms. The molecule has 10 nitrogen and oxygen atoms in total. The Labute approximate surface area is 183 Å². The second kappa shape index (κ2) is 9.82. The molecule has 1 aromatic carbocycles. The molecule has 1 atom stereocenters. The molecule has 0 aliphatic carbocycles. The van der Waals surface area contributed by atoms with E-state index in [9.17, 15) is 19.2 Å². The van der Waals surface area contributed by atoms with E-state index >= 15 is 0 Å². The number of furan rings is 1. The summed E-state index contributed by atoms with van der Waals surface area (Å²) in [6.07, 6.45) is 0.755. The zero-order chi connectivity index (χ0) is 23.3. The number of benzene rings is 1. The van der Waals surface area contributed by atoms with Crippen LogP contribution in [-0.4, -0.2) is 48.6 Å². The molecule has 1 saturated heterocycles. The number of hydrogen-bond acceptors (Lipinski definition) is 8. The number of rotatable bonds is 8. The number of nitrogens with zero attached hydrogens (tertiary/aromatic N) is 1. The Morgan fingerprint density at radius 2 is 1.88 bits per heavy atom. The zero-order valence-corrected chi connectivity index (χ0v) is 17.7. The molecule has 3 amide bonds. The number of methoxy groups -OCH3 is 1. The number of nitrogens with one attached hydrogen (secondary N) is 1. The van der Waals surface area contributed by atoms with Crippen molar-refractivity contribution in [2.75, 3.05) is 13.7 Å². The maximum Gasteiger partial charge on any atom is 0.373 e. The van der Waals surface area contributed by atoms with Gasteiger partial charge in [-0.25, -0.2) is 14.4 Å². The van der Waals surface area contributed by atoms with Crippen LogP contribution in [-0.2, 0) is 25.6 Å². The molecule has 1 fully saturated rings. The van der Waals surface area contributed by atoms with Crippen molar-refractivity contribution in [1.29, 1.82) is 0 Å². The summed E-state index contributed by atoms with van der Waals surface area (Å²) in [5, 5.41) is 2.51. The summed E-state index contributed by atoms with van der Waals surface area (Å²) in [7, 11) is 1.22. The topological polar surface area (TPSA) is 124 Å². The third kappa shape index (κ3) is 5.15. The summed E-state index contributed by atoms with van der Waals surface area (Å²) in [5.74, 6) is -0.971. The quantitative estimate of drug-likeness (QED) is 0.376. The lowest BCUT2D eigenvalue weighted by molar-refractivity contribution is -0.150. The Kier molecular flexibility index (Phi) is 6.93. The van der Waals surface area contributed by atoms with E-state index in [0.717, 1.165) is 4.90 Å². The molecule has 168 valence electrons. The number of ether oxygens (including phenoxy) is 3. The van der Waals surface area contributed by atoms with Gasteiger partial charge in [-0.15, -0.1) is 0 Å². The maximum atomic E-state index is 12.6. The Morgan fingerprint density at radius 1 is 1.16 bits per heavy atom. The minimum absolute atomic E-state index is 0.0232. The fourth-order valence-electron chi connectivity index (χ4n) is 2.87. The van der Waals surface area contributed by atoms with Crippen LogP contribution >= 0.6 is 0 Å². The first-order valence-corrected chi connectivity index (χ1v) is 9.77. The third-order valence-electron chi connectivity index (χ3n) is 4.45. The van der Waals surface area contributed by atoms with Crippen LogP contribution in [0.2, 0.25) is 0 Å². The number of amides is 3. The van der Waals surface area contributed by atoms with E-state index in [-0.39, 0.29) is 30.4 Å². The second-order valence-corrected chi connectivity index (χ2v) is 6.72. The smallest absolute Gasteiger partial charge is 0.373 e. The van der Waals surface area contributed by atoms with Crippen molar-refractivity contribution in [2.24, 2.45) is 0 Å². The standard InChI is InChI=1S/C22H22N2O8/c1-4-30-20(26)13(2)31-15-7-5-14(6-8-15)11-17-19(25)24(22(28)23-17)12-16-9-10-18(32-16)21(27)29-3/h5-11,13H,4,12H2,1-3H3,(H,23,28)/b17-11-/t13-/m0/s1. The first-order valence-electron chi connectivity index (χ1n) is 9.77. The largest absolute Gasteiger partial charge is 0.479 e. The predicted molar refractivity (Wildman–Crippen MR) is 110 cm³/mol. The number of carbonyl (C=O) groups is 4. The summed E-state index contributed by atoms with van der Waals surface area (Å²) in [4.78, 5) is 49.0. The van der Waals surface area contributed by atoms with Crippen molar-refractivity contribution in [1.82, 2.24) is 10.2 Å². The van der Waals surface area contributed by atoms with Crippen LogP contribution in [0.4, 0.5) is 4.79 Å². The van der Waals surface area contributed by atoms with Crippen LogP contribution in [0.5, 0.6) is 5.75 Å². The van der Waals surface area contributed by atoms with Crippen LogP contribution in [0, 0.1) is 0 Å². The van der Waals surface area contributed by atoms with Crippen molar-refractivity contribution < 1.29 is 37.8 Å². The highest BCUT2D eigenvalue weighted by Crippen LogP contribution is 2.20. The molecular formula is C22H22N2O8. The van der Waals surface area contributed by atoms with Gasteiger partial charge in [-0.2, -0.15) is 0 Å². The lowest BCUT2D eigenvalue weighted by atomic mass is 10.2. The molecule has 10 heteroatoms. The molecule has 2 aromatic rings. The number of carbonyl (C=O) groups excluding carboxylic acids is 4. The monoisotopic (exact) mass is 442 g/mol. The highest BCUT2D eigenvalue weighted by Gasteiger charge is 2.34. The van der Waals surface area contributed by atoms with Crippen LogP contribution < -0.4 is 10.1 Å². The molecule has 1 aliphatic heterocycles. The van der Waals surface area contributed by atoms with Crippen molar-refractivity contribution >= 4 is 30.0 Å². The van der Waals surface area contributed by atoms with Gasteiger partial charge in [0.05, 0.1) is 20.3 Å². The van der Waals surface area contributed by atoms with Gasteiger partial charge in [-0.1, -0.05) is 12.1 Å². The van der Waals surface area contributed by atoms with Crippen molar-refractivity contribution in [2.45, 2.75) is 26.5 Å². The van der Waals surface area contributed by atoms with E-state index in [4.69, 9.17) is 13.9 Å². The molecule has 0 spiro atoms. The molecule has 1 aromatic heterocycles. The van der Waals surface area contributed by atoms with Gasteiger partial charge in [-0.05, 0) is 49.8 Å². The molecule has 1 aliphatic rings. The Balaban J connectivity index is 1.65.